The number of nitrogens with zero attached hydrogens (tertiary/aromatic N) is 2. The normalized spacial score (nSPS) is 16.6. The smallest absolute Gasteiger partial charge is 0.0765 e. The number of halogens is 1. The van der Waals surface area contributed by atoms with Gasteiger partial charge in [0, 0.05) is 35.7 Å². The maximum Gasteiger partial charge on any atom is 0.0765 e. The van der Waals surface area contributed by atoms with Crippen LogP contribution in [0.15, 0.2) is 30.5 Å². The van der Waals surface area contributed by atoms with Gasteiger partial charge in [-0.25, -0.2) is 0 Å². The van der Waals surface area contributed by atoms with Crippen LogP contribution in [0.1, 0.15) is 31.4 Å². The van der Waals surface area contributed by atoms with Gasteiger partial charge in [-0.05, 0) is 49.1 Å². The molecule has 1 aliphatic carbocycles. The molecule has 1 heterocycles. The van der Waals surface area contributed by atoms with E-state index in [4.69, 9.17) is 17.3 Å². The van der Waals surface area contributed by atoms with Crippen LogP contribution in [0.4, 0.5) is 0 Å². The highest BCUT2D eigenvalue weighted by molar-refractivity contribution is 6.35. The Morgan fingerprint density at radius 2 is 2.19 bits per heavy atom. The molecule has 0 radical (unpaired) electrons. The van der Waals surface area contributed by atoms with Crippen LogP contribution in [0.3, 0.4) is 0 Å². The molecular weight excluding hydrogens is 282 g/mol. The van der Waals surface area contributed by atoms with Crippen molar-refractivity contribution in [3.63, 3.8) is 0 Å². The van der Waals surface area contributed by atoms with Gasteiger partial charge in [-0.3, -0.25) is 9.88 Å². The summed E-state index contributed by atoms with van der Waals surface area (Å²) in [6.07, 6.45) is 4.54. The molecule has 1 aromatic carbocycles. The summed E-state index contributed by atoms with van der Waals surface area (Å²) in [5.41, 5.74) is 8.28. The second-order valence-corrected chi connectivity index (χ2v) is 6.23. The Kier molecular flexibility index (Phi) is 4.43. The summed E-state index contributed by atoms with van der Waals surface area (Å²) in [5, 5.41) is 1.76. The average molecular weight is 304 g/mol. The Hall–Kier alpha value is -1.16. The van der Waals surface area contributed by atoms with Gasteiger partial charge in [0.15, 0.2) is 0 Å². The number of aromatic nitrogens is 1. The van der Waals surface area contributed by atoms with Crippen molar-refractivity contribution < 1.29 is 0 Å². The van der Waals surface area contributed by atoms with E-state index < -0.39 is 0 Å². The molecule has 1 saturated carbocycles. The van der Waals surface area contributed by atoms with Crippen molar-refractivity contribution in [2.24, 2.45) is 11.7 Å². The predicted octanol–water partition coefficient (Wildman–Crippen LogP) is 3.62. The number of rotatable bonds is 6. The summed E-state index contributed by atoms with van der Waals surface area (Å²) in [4.78, 5) is 7.04. The standard InChI is InChI=1S/C17H22ClN3/c1-2-21(11-12-5-6-12)16(10-19)14-7-8-15(18)13-4-3-9-20-17(13)14/h3-4,7-9,12,16H,2,5-6,10-11,19H2,1H3. The Morgan fingerprint density at radius 1 is 1.38 bits per heavy atom. The molecule has 21 heavy (non-hydrogen) atoms. The maximum absolute atomic E-state index is 6.30. The third kappa shape index (κ3) is 3.05. The summed E-state index contributed by atoms with van der Waals surface area (Å²) < 4.78 is 0. The minimum atomic E-state index is 0.213. The average Bonchev–Trinajstić information content (AvgIpc) is 3.33. The van der Waals surface area contributed by atoms with Gasteiger partial charge >= 0.3 is 0 Å². The fraction of sp³-hybridized carbons (Fsp3) is 0.471. The summed E-state index contributed by atoms with van der Waals surface area (Å²) in [6, 6.07) is 8.22. The summed E-state index contributed by atoms with van der Waals surface area (Å²) in [5.74, 6) is 0.852. The van der Waals surface area contributed by atoms with E-state index in [1.54, 1.807) is 0 Å². The number of hydrogen-bond donors (Lipinski definition) is 1. The lowest BCUT2D eigenvalue weighted by molar-refractivity contribution is 0.204. The van der Waals surface area contributed by atoms with Gasteiger partial charge in [0.2, 0.25) is 0 Å². The first-order valence-corrected chi connectivity index (χ1v) is 8.09. The van der Waals surface area contributed by atoms with Gasteiger partial charge < -0.3 is 5.73 Å². The second-order valence-electron chi connectivity index (χ2n) is 5.82. The van der Waals surface area contributed by atoms with Crippen molar-refractivity contribution in [3.8, 4) is 0 Å². The number of nitrogens with two attached hydrogens (primary N) is 1. The van der Waals surface area contributed by atoms with Crippen LogP contribution >= 0.6 is 11.6 Å². The van der Waals surface area contributed by atoms with Gasteiger partial charge in [-0.1, -0.05) is 24.6 Å². The molecule has 2 N–H and O–H groups in total. The second kappa shape index (κ2) is 6.30. The van der Waals surface area contributed by atoms with E-state index in [2.05, 4.69) is 22.9 Å². The molecular formula is C17H22ClN3. The predicted molar refractivity (Wildman–Crippen MR) is 88.5 cm³/mol. The molecule has 1 unspecified atom stereocenters. The first-order valence-electron chi connectivity index (χ1n) is 7.71. The lowest BCUT2D eigenvalue weighted by atomic mass is 10.0. The molecule has 0 bridgehead atoms. The largest absolute Gasteiger partial charge is 0.329 e. The van der Waals surface area contributed by atoms with Crippen LogP contribution < -0.4 is 5.73 Å². The molecule has 0 amide bonds. The quantitative estimate of drug-likeness (QED) is 0.886. The van der Waals surface area contributed by atoms with E-state index in [-0.39, 0.29) is 6.04 Å². The van der Waals surface area contributed by atoms with E-state index in [0.717, 1.165) is 34.9 Å². The number of likely N-dealkylation sites (N-methyl/N-ethyl adjacent to an activating group) is 1. The van der Waals surface area contributed by atoms with Gasteiger partial charge in [-0.15, -0.1) is 0 Å². The minimum Gasteiger partial charge on any atom is -0.329 e. The number of benzene rings is 1. The summed E-state index contributed by atoms with van der Waals surface area (Å²) in [6.45, 7) is 4.95. The zero-order valence-electron chi connectivity index (χ0n) is 12.4. The maximum atomic E-state index is 6.30. The summed E-state index contributed by atoms with van der Waals surface area (Å²) >= 11 is 6.30. The Balaban J connectivity index is 2.01. The van der Waals surface area contributed by atoms with Crippen LogP contribution in [-0.2, 0) is 0 Å². The highest BCUT2D eigenvalue weighted by Crippen LogP contribution is 2.35. The molecule has 3 nitrogen and oxygen atoms in total. The van der Waals surface area contributed by atoms with Gasteiger partial charge in [-0.2, -0.15) is 0 Å². The SMILES string of the molecule is CCN(CC1CC1)C(CN)c1ccc(Cl)c2cccnc12. The van der Waals surface area contributed by atoms with Gasteiger partial charge in [0.25, 0.3) is 0 Å². The third-order valence-corrected chi connectivity index (χ3v) is 4.70. The zero-order valence-corrected chi connectivity index (χ0v) is 13.2. The highest BCUT2D eigenvalue weighted by Gasteiger charge is 2.28. The lowest BCUT2D eigenvalue weighted by Crippen LogP contribution is -2.35. The topological polar surface area (TPSA) is 42.1 Å². The Morgan fingerprint density at radius 3 is 2.86 bits per heavy atom. The number of pyridine rings is 1. The van der Waals surface area contributed by atoms with E-state index >= 15 is 0 Å². The zero-order chi connectivity index (χ0) is 14.8. The number of fused-ring (bicyclic) bond motifs is 1. The molecule has 1 fully saturated rings. The van der Waals surface area contributed by atoms with E-state index in [1.807, 2.05) is 24.4 Å². The van der Waals surface area contributed by atoms with Crippen molar-refractivity contribution in [1.82, 2.24) is 9.88 Å². The highest BCUT2D eigenvalue weighted by atomic mass is 35.5. The van der Waals surface area contributed by atoms with Crippen molar-refractivity contribution in [3.05, 3.63) is 41.0 Å². The molecule has 3 rings (SSSR count). The van der Waals surface area contributed by atoms with Crippen LogP contribution in [0, 0.1) is 5.92 Å². The molecule has 1 aromatic heterocycles. The number of hydrogen-bond acceptors (Lipinski definition) is 3. The van der Waals surface area contributed by atoms with E-state index in [1.165, 1.54) is 18.4 Å². The molecule has 112 valence electrons. The molecule has 0 spiro atoms. The fourth-order valence-corrected chi connectivity index (χ4v) is 3.23. The van der Waals surface area contributed by atoms with Crippen molar-refractivity contribution in [2.45, 2.75) is 25.8 Å². The lowest BCUT2D eigenvalue weighted by Gasteiger charge is -2.30. The Labute approximate surface area is 131 Å². The monoisotopic (exact) mass is 303 g/mol. The van der Waals surface area contributed by atoms with Crippen LogP contribution in [0.2, 0.25) is 5.02 Å². The molecule has 1 atom stereocenters. The Bertz CT molecular complexity index is 624. The molecule has 0 saturated heterocycles. The van der Waals surface area contributed by atoms with Crippen molar-refractivity contribution in [2.75, 3.05) is 19.6 Å². The van der Waals surface area contributed by atoms with E-state index in [9.17, 15) is 0 Å². The van der Waals surface area contributed by atoms with E-state index in [0.29, 0.717) is 6.54 Å². The summed E-state index contributed by atoms with van der Waals surface area (Å²) in [7, 11) is 0. The molecule has 0 aliphatic heterocycles. The molecule has 4 heteroatoms. The van der Waals surface area contributed by atoms with Gasteiger partial charge in [0.05, 0.1) is 5.52 Å². The first kappa shape index (κ1) is 14.8. The molecule has 2 aromatic rings. The molecule has 1 aliphatic rings. The minimum absolute atomic E-state index is 0.213. The van der Waals surface area contributed by atoms with Gasteiger partial charge in [0.1, 0.15) is 0 Å². The van der Waals surface area contributed by atoms with Crippen LogP contribution in [0.5, 0.6) is 0 Å². The first-order chi connectivity index (χ1) is 10.2. The van der Waals surface area contributed by atoms with Crippen molar-refractivity contribution >= 4 is 22.5 Å². The third-order valence-electron chi connectivity index (χ3n) is 4.37. The van der Waals surface area contributed by atoms with Crippen LogP contribution in [0.25, 0.3) is 10.9 Å². The fourth-order valence-electron chi connectivity index (χ4n) is 3.01. The van der Waals surface area contributed by atoms with Crippen LogP contribution in [-0.4, -0.2) is 29.5 Å². The van der Waals surface area contributed by atoms with Crippen molar-refractivity contribution in [1.29, 1.82) is 0 Å².